The Hall–Kier alpha value is -1.30. The van der Waals surface area contributed by atoms with E-state index in [9.17, 15) is 14.7 Å². The summed E-state index contributed by atoms with van der Waals surface area (Å²) >= 11 is 0. The first kappa shape index (κ1) is 16.1. The van der Waals surface area contributed by atoms with Crippen molar-refractivity contribution in [3.8, 4) is 0 Å². The number of carboxylic acids is 1. The van der Waals surface area contributed by atoms with E-state index in [0.717, 1.165) is 25.9 Å². The van der Waals surface area contributed by atoms with Crippen LogP contribution in [0.15, 0.2) is 0 Å². The summed E-state index contributed by atoms with van der Waals surface area (Å²) in [4.78, 5) is 27.9. The number of carboxylic acid groups (broad SMARTS) is 1. The van der Waals surface area contributed by atoms with Crippen molar-refractivity contribution in [2.75, 3.05) is 26.2 Å². The Balaban J connectivity index is 1.95. The zero-order valence-corrected chi connectivity index (χ0v) is 13.1. The Bertz CT molecular complexity index is 402. The van der Waals surface area contributed by atoms with E-state index in [4.69, 9.17) is 0 Å². The molecule has 2 aliphatic rings. The summed E-state index contributed by atoms with van der Waals surface area (Å²) in [7, 11) is 0. The molecule has 0 aromatic carbocycles. The Kier molecular flexibility index (Phi) is 5.08. The molecule has 0 aromatic heterocycles. The number of amides is 2. The van der Waals surface area contributed by atoms with Gasteiger partial charge in [-0.15, -0.1) is 0 Å². The number of carbonyl (C=O) groups is 2. The number of likely N-dealkylation sites (tertiary alicyclic amines) is 2. The second kappa shape index (κ2) is 6.64. The molecule has 0 aliphatic carbocycles. The predicted molar refractivity (Wildman–Crippen MR) is 80.3 cm³/mol. The van der Waals surface area contributed by atoms with E-state index in [1.54, 1.807) is 0 Å². The number of carbonyl (C=O) groups excluding carboxylic acids is 1. The highest BCUT2D eigenvalue weighted by Gasteiger charge is 2.48. The Morgan fingerprint density at radius 1 is 1.29 bits per heavy atom. The van der Waals surface area contributed by atoms with E-state index in [1.807, 2.05) is 6.92 Å². The van der Waals surface area contributed by atoms with Crippen LogP contribution < -0.4 is 5.32 Å². The molecule has 2 amide bonds. The van der Waals surface area contributed by atoms with Gasteiger partial charge in [0.15, 0.2) is 0 Å². The number of urea groups is 1. The van der Waals surface area contributed by atoms with Gasteiger partial charge in [0, 0.05) is 19.1 Å². The summed E-state index contributed by atoms with van der Waals surface area (Å²) in [6, 6.07) is 0.169. The molecule has 2 saturated heterocycles. The normalized spacial score (nSPS) is 29.8. The van der Waals surface area contributed by atoms with E-state index in [-0.39, 0.29) is 6.03 Å². The molecule has 2 rings (SSSR count). The van der Waals surface area contributed by atoms with Gasteiger partial charge in [-0.3, -0.25) is 4.90 Å². The topological polar surface area (TPSA) is 72.9 Å². The highest BCUT2D eigenvalue weighted by molar-refractivity contribution is 5.87. The van der Waals surface area contributed by atoms with E-state index in [0.29, 0.717) is 32.0 Å². The fraction of sp³-hybridized carbons (Fsp3) is 0.867. The molecule has 2 heterocycles. The van der Waals surface area contributed by atoms with Crippen LogP contribution in [0.5, 0.6) is 0 Å². The number of likely N-dealkylation sites (N-methyl/N-ethyl adjacent to an activating group) is 1. The molecule has 2 unspecified atom stereocenters. The molecule has 2 atom stereocenters. The second-order valence-corrected chi connectivity index (χ2v) is 6.06. The van der Waals surface area contributed by atoms with Crippen LogP contribution >= 0.6 is 0 Å². The molecule has 120 valence electrons. The molecule has 6 heteroatoms. The van der Waals surface area contributed by atoms with Crippen LogP contribution in [0.3, 0.4) is 0 Å². The molecule has 2 aliphatic heterocycles. The Labute approximate surface area is 126 Å². The minimum Gasteiger partial charge on any atom is -0.479 e. The van der Waals surface area contributed by atoms with Gasteiger partial charge in [0.05, 0.1) is 0 Å². The van der Waals surface area contributed by atoms with Crippen molar-refractivity contribution in [1.29, 1.82) is 0 Å². The zero-order valence-electron chi connectivity index (χ0n) is 13.1. The number of hydrogen-bond acceptors (Lipinski definition) is 3. The predicted octanol–water partition coefficient (Wildman–Crippen LogP) is 1.51. The van der Waals surface area contributed by atoms with Crippen LogP contribution in [0.1, 0.15) is 46.0 Å². The Morgan fingerprint density at radius 2 is 2.05 bits per heavy atom. The number of aliphatic carboxylic acids is 1. The lowest BCUT2D eigenvalue weighted by molar-refractivity contribution is -0.148. The lowest BCUT2D eigenvalue weighted by Crippen LogP contribution is -2.56. The maximum absolute atomic E-state index is 12.4. The average molecular weight is 297 g/mol. The fourth-order valence-corrected chi connectivity index (χ4v) is 3.76. The van der Waals surface area contributed by atoms with Crippen molar-refractivity contribution in [3.63, 3.8) is 0 Å². The molecule has 6 nitrogen and oxygen atoms in total. The third-order valence-corrected chi connectivity index (χ3v) is 5.11. The molecule has 21 heavy (non-hydrogen) atoms. The van der Waals surface area contributed by atoms with Crippen LogP contribution in [-0.2, 0) is 4.79 Å². The summed E-state index contributed by atoms with van der Waals surface area (Å²) in [5.41, 5.74) is -1.01. The van der Waals surface area contributed by atoms with Crippen LogP contribution in [0.25, 0.3) is 0 Å². The lowest BCUT2D eigenvalue weighted by Gasteiger charge is -2.34. The molecule has 0 spiro atoms. The lowest BCUT2D eigenvalue weighted by atomic mass is 9.93. The van der Waals surface area contributed by atoms with E-state index >= 15 is 0 Å². The maximum atomic E-state index is 12.4. The van der Waals surface area contributed by atoms with Gasteiger partial charge in [-0.25, -0.2) is 9.59 Å². The van der Waals surface area contributed by atoms with Crippen molar-refractivity contribution in [1.82, 2.24) is 15.1 Å². The van der Waals surface area contributed by atoms with Crippen LogP contribution in [0.2, 0.25) is 0 Å². The molecule has 0 bridgehead atoms. The SMILES string of the molecule is CCN1CCCC1CNC(=O)N1CCCC1(CC)C(=O)O. The molecular formula is C15H27N3O3. The summed E-state index contributed by atoms with van der Waals surface area (Å²) in [6.45, 7) is 7.21. The van der Waals surface area contributed by atoms with Crippen molar-refractivity contribution in [2.24, 2.45) is 0 Å². The second-order valence-electron chi connectivity index (χ2n) is 6.06. The Morgan fingerprint density at radius 3 is 2.67 bits per heavy atom. The number of hydrogen-bond donors (Lipinski definition) is 2. The van der Waals surface area contributed by atoms with Gasteiger partial charge in [0.2, 0.25) is 0 Å². The smallest absolute Gasteiger partial charge is 0.329 e. The van der Waals surface area contributed by atoms with Crippen LogP contribution in [0, 0.1) is 0 Å². The highest BCUT2D eigenvalue weighted by atomic mass is 16.4. The van der Waals surface area contributed by atoms with Gasteiger partial charge < -0.3 is 15.3 Å². The molecule has 0 aromatic rings. The zero-order chi connectivity index (χ0) is 15.5. The van der Waals surface area contributed by atoms with Gasteiger partial charge in [-0.05, 0) is 45.2 Å². The highest BCUT2D eigenvalue weighted by Crippen LogP contribution is 2.32. The monoisotopic (exact) mass is 297 g/mol. The molecule has 2 fully saturated rings. The van der Waals surface area contributed by atoms with E-state index in [1.165, 1.54) is 11.3 Å². The summed E-state index contributed by atoms with van der Waals surface area (Å²) in [6.07, 6.45) is 4.05. The third-order valence-electron chi connectivity index (χ3n) is 5.11. The third kappa shape index (κ3) is 3.00. The maximum Gasteiger partial charge on any atom is 0.329 e. The van der Waals surface area contributed by atoms with Crippen LogP contribution in [-0.4, -0.2) is 64.7 Å². The summed E-state index contributed by atoms with van der Waals surface area (Å²) in [5.74, 6) is -0.881. The number of nitrogens with one attached hydrogen (secondary N) is 1. The largest absolute Gasteiger partial charge is 0.479 e. The first-order valence-electron chi connectivity index (χ1n) is 8.08. The van der Waals surface area contributed by atoms with Gasteiger partial charge >= 0.3 is 12.0 Å². The standard InChI is InChI=1S/C15H27N3O3/c1-3-15(13(19)20)8-6-10-18(15)14(21)16-11-12-7-5-9-17(12)4-2/h12H,3-11H2,1-2H3,(H,16,21)(H,19,20). The summed E-state index contributed by atoms with van der Waals surface area (Å²) in [5, 5.41) is 12.5. The van der Waals surface area contributed by atoms with Crippen LogP contribution in [0.4, 0.5) is 4.79 Å². The van der Waals surface area contributed by atoms with Crippen molar-refractivity contribution >= 4 is 12.0 Å². The first-order chi connectivity index (χ1) is 10.0. The fourth-order valence-electron chi connectivity index (χ4n) is 3.76. The summed E-state index contributed by atoms with van der Waals surface area (Å²) < 4.78 is 0. The van der Waals surface area contributed by atoms with E-state index in [2.05, 4.69) is 17.1 Å². The van der Waals surface area contributed by atoms with Crippen molar-refractivity contribution < 1.29 is 14.7 Å². The van der Waals surface area contributed by atoms with Gasteiger partial charge in [-0.1, -0.05) is 13.8 Å². The number of rotatable bonds is 5. The average Bonchev–Trinajstić information content (AvgIpc) is 3.11. The van der Waals surface area contributed by atoms with Crippen molar-refractivity contribution in [3.05, 3.63) is 0 Å². The molecule has 0 saturated carbocycles. The first-order valence-corrected chi connectivity index (χ1v) is 8.08. The quantitative estimate of drug-likeness (QED) is 0.807. The molecule has 2 N–H and O–H groups in total. The minimum atomic E-state index is -1.01. The van der Waals surface area contributed by atoms with E-state index < -0.39 is 11.5 Å². The molecular weight excluding hydrogens is 270 g/mol. The van der Waals surface area contributed by atoms with Gasteiger partial charge in [-0.2, -0.15) is 0 Å². The minimum absolute atomic E-state index is 0.222. The van der Waals surface area contributed by atoms with Gasteiger partial charge in [0.25, 0.3) is 0 Å². The molecule has 0 radical (unpaired) electrons. The van der Waals surface area contributed by atoms with Gasteiger partial charge in [0.1, 0.15) is 5.54 Å². The van der Waals surface area contributed by atoms with Crippen molar-refractivity contribution in [2.45, 2.75) is 57.5 Å². The number of nitrogens with zero attached hydrogens (tertiary/aromatic N) is 2.